The van der Waals surface area contributed by atoms with Crippen LogP contribution in [0, 0.1) is 5.92 Å². The second kappa shape index (κ2) is 6.24. The van der Waals surface area contributed by atoms with Crippen molar-refractivity contribution in [2.24, 2.45) is 5.92 Å². The Balaban J connectivity index is 2.13. The quantitative estimate of drug-likeness (QED) is 0.925. The Labute approximate surface area is 121 Å². The molecule has 1 aliphatic rings. The van der Waals surface area contributed by atoms with Crippen molar-refractivity contribution in [1.82, 2.24) is 4.31 Å². The van der Waals surface area contributed by atoms with E-state index < -0.39 is 10.0 Å². The maximum absolute atomic E-state index is 12.5. The summed E-state index contributed by atoms with van der Waals surface area (Å²) in [4.78, 5) is 0.349. The predicted molar refractivity (Wildman–Crippen MR) is 79.0 cm³/mol. The minimum atomic E-state index is -3.41. The van der Waals surface area contributed by atoms with E-state index in [1.54, 1.807) is 12.1 Å². The minimum Gasteiger partial charge on any atom is -0.393 e. The van der Waals surface area contributed by atoms with E-state index in [4.69, 9.17) is 0 Å². The standard InChI is InChI=1S/C15H23NO3S/c1-12(2)11-13-3-5-15(6-4-13)20(18,19)16-9-7-14(17)8-10-16/h3-6,12,14,17H,7-11H2,1-2H3. The van der Waals surface area contributed by atoms with Gasteiger partial charge in [0.25, 0.3) is 0 Å². The molecule has 0 amide bonds. The van der Waals surface area contributed by atoms with E-state index >= 15 is 0 Å². The van der Waals surface area contributed by atoms with E-state index in [0.717, 1.165) is 12.0 Å². The molecule has 0 aliphatic carbocycles. The molecule has 0 aromatic heterocycles. The van der Waals surface area contributed by atoms with Crippen LogP contribution in [0.2, 0.25) is 0 Å². The molecule has 0 saturated carbocycles. The molecule has 1 saturated heterocycles. The highest BCUT2D eigenvalue weighted by Crippen LogP contribution is 2.21. The van der Waals surface area contributed by atoms with Crippen LogP contribution in [0.5, 0.6) is 0 Å². The van der Waals surface area contributed by atoms with Crippen molar-refractivity contribution in [1.29, 1.82) is 0 Å². The van der Waals surface area contributed by atoms with Gasteiger partial charge in [-0.25, -0.2) is 8.42 Å². The van der Waals surface area contributed by atoms with Crippen LogP contribution >= 0.6 is 0 Å². The van der Waals surface area contributed by atoms with E-state index in [1.165, 1.54) is 4.31 Å². The highest BCUT2D eigenvalue weighted by molar-refractivity contribution is 7.89. The number of benzene rings is 1. The highest BCUT2D eigenvalue weighted by atomic mass is 32.2. The highest BCUT2D eigenvalue weighted by Gasteiger charge is 2.28. The molecule has 112 valence electrons. The SMILES string of the molecule is CC(C)Cc1ccc(S(=O)(=O)N2CCC(O)CC2)cc1. The van der Waals surface area contributed by atoms with Gasteiger partial charge in [-0.05, 0) is 42.9 Å². The molecule has 1 N–H and O–H groups in total. The summed E-state index contributed by atoms with van der Waals surface area (Å²) < 4.78 is 26.4. The van der Waals surface area contributed by atoms with E-state index in [2.05, 4.69) is 13.8 Å². The minimum absolute atomic E-state index is 0.349. The van der Waals surface area contributed by atoms with Crippen LogP contribution in [-0.4, -0.2) is 37.0 Å². The Morgan fingerprint density at radius 2 is 1.75 bits per heavy atom. The monoisotopic (exact) mass is 297 g/mol. The smallest absolute Gasteiger partial charge is 0.243 e. The summed E-state index contributed by atoms with van der Waals surface area (Å²) in [6.45, 7) is 5.09. The van der Waals surface area contributed by atoms with Gasteiger partial charge in [-0.1, -0.05) is 26.0 Å². The van der Waals surface area contributed by atoms with Crippen molar-refractivity contribution < 1.29 is 13.5 Å². The average molecular weight is 297 g/mol. The fourth-order valence-corrected chi connectivity index (χ4v) is 3.97. The maximum Gasteiger partial charge on any atom is 0.243 e. The lowest BCUT2D eigenvalue weighted by atomic mass is 10.0. The van der Waals surface area contributed by atoms with E-state index in [0.29, 0.717) is 36.7 Å². The summed E-state index contributed by atoms with van der Waals surface area (Å²) in [6.07, 6.45) is 1.63. The Kier molecular flexibility index (Phi) is 4.83. The first-order valence-corrected chi connectivity index (χ1v) is 8.61. The Bertz CT molecular complexity index is 529. The van der Waals surface area contributed by atoms with Crippen molar-refractivity contribution in [2.45, 2.75) is 44.1 Å². The van der Waals surface area contributed by atoms with Gasteiger partial charge in [-0.2, -0.15) is 4.31 Å². The third kappa shape index (κ3) is 3.59. The zero-order chi connectivity index (χ0) is 14.8. The van der Waals surface area contributed by atoms with Crippen LogP contribution < -0.4 is 0 Å². The topological polar surface area (TPSA) is 57.6 Å². The van der Waals surface area contributed by atoms with Crippen LogP contribution in [0.4, 0.5) is 0 Å². The molecule has 20 heavy (non-hydrogen) atoms. The molecule has 1 aliphatic heterocycles. The second-order valence-electron chi connectivity index (χ2n) is 5.88. The Morgan fingerprint density at radius 3 is 2.25 bits per heavy atom. The number of rotatable bonds is 4. The molecule has 1 fully saturated rings. The first-order chi connectivity index (χ1) is 9.39. The fraction of sp³-hybridized carbons (Fsp3) is 0.600. The van der Waals surface area contributed by atoms with Crippen molar-refractivity contribution in [3.05, 3.63) is 29.8 Å². The molecular weight excluding hydrogens is 274 g/mol. The lowest BCUT2D eigenvalue weighted by Gasteiger charge is -2.28. The average Bonchev–Trinajstić information content (AvgIpc) is 2.39. The van der Waals surface area contributed by atoms with Crippen LogP contribution in [-0.2, 0) is 16.4 Å². The molecule has 0 radical (unpaired) electrons. The first kappa shape index (κ1) is 15.5. The van der Waals surface area contributed by atoms with Gasteiger partial charge in [-0.15, -0.1) is 0 Å². The number of hydrogen-bond acceptors (Lipinski definition) is 3. The summed E-state index contributed by atoms with van der Waals surface area (Å²) in [5.74, 6) is 0.557. The van der Waals surface area contributed by atoms with Crippen LogP contribution in [0.3, 0.4) is 0 Å². The first-order valence-electron chi connectivity index (χ1n) is 7.17. The van der Waals surface area contributed by atoms with Crippen molar-refractivity contribution >= 4 is 10.0 Å². The number of aliphatic hydroxyl groups is 1. The lowest BCUT2D eigenvalue weighted by Crippen LogP contribution is -2.39. The summed E-state index contributed by atoms with van der Waals surface area (Å²) >= 11 is 0. The zero-order valence-electron chi connectivity index (χ0n) is 12.1. The molecule has 0 unspecified atom stereocenters. The normalized spacial score (nSPS) is 18.6. The lowest BCUT2D eigenvalue weighted by molar-refractivity contribution is 0.113. The molecule has 1 aromatic rings. The van der Waals surface area contributed by atoms with Gasteiger partial charge in [-0.3, -0.25) is 0 Å². The summed E-state index contributed by atoms with van der Waals surface area (Å²) in [5, 5.41) is 9.46. The van der Waals surface area contributed by atoms with Gasteiger partial charge in [0.1, 0.15) is 0 Å². The molecule has 0 spiro atoms. The van der Waals surface area contributed by atoms with Crippen molar-refractivity contribution in [2.75, 3.05) is 13.1 Å². The van der Waals surface area contributed by atoms with E-state index in [9.17, 15) is 13.5 Å². The van der Waals surface area contributed by atoms with Crippen molar-refractivity contribution in [3.8, 4) is 0 Å². The van der Waals surface area contributed by atoms with Gasteiger partial charge < -0.3 is 5.11 Å². The van der Waals surface area contributed by atoms with Crippen LogP contribution in [0.1, 0.15) is 32.3 Å². The van der Waals surface area contributed by atoms with Crippen LogP contribution in [0.15, 0.2) is 29.2 Å². The third-order valence-electron chi connectivity index (χ3n) is 3.63. The molecule has 0 bridgehead atoms. The summed E-state index contributed by atoms with van der Waals surface area (Å²) in [5.41, 5.74) is 1.16. The molecular formula is C15H23NO3S. The number of sulfonamides is 1. The molecule has 2 rings (SSSR count). The molecule has 0 atom stereocenters. The molecule has 5 heteroatoms. The number of nitrogens with zero attached hydrogens (tertiary/aromatic N) is 1. The van der Waals surface area contributed by atoms with Gasteiger partial charge in [0.2, 0.25) is 10.0 Å². The van der Waals surface area contributed by atoms with Crippen LogP contribution in [0.25, 0.3) is 0 Å². The predicted octanol–water partition coefficient (Wildman–Crippen LogP) is 2.03. The van der Waals surface area contributed by atoms with Gasteiger partial charge in [0, 0.05) is 13.1 Å². The fourth-order valence-electron chi connectivity index (χ4n) is 2.50. The maximum atomic E-state index is 12.5. The van der Waals surface area contributed by atoms with Crippen molar-refractivity contribution in [3.63, 3.8) is 0 Å². The van der Waals surface area contributed by atoms with E-state index in [1.807, 2.05) is 12.1 Å². The number of aliphatic hydroxyl groups excluding tert-OH is 1. The van der Waals surface area contributed by atoms with E-state index in [-0.39, 0.29) is 6.10 Å². The molecule has 1 heterocycles. The zero-order valence-corrected chi connectivity index (χ0v) is 12.9. The Hall–Kier alpha value is -0.910. The van der Waals surface area contributed by atoms with Gasteiger partial charge in [0.05, 0.1) is 11.0 Å². The number of hydrogen-bond donors (Lipinski definition) is 1. The summed E-state index contributed by atoms with van der Waals surface area (Å²) in [7, 11) is -3.41. The molecule has 4 nitrogen and oxygen atoms in total. The largest absolute Gasteiger partial charge is 0.393 e. The Morgan fingerprint density at radius 1 is 1.20 bits per heavy atom. The summed E-state index contributed by atoms with van der Waals surface area (Å²) in [6, 6.07) is 7.17. The number of piperidine rings is 1. The second-order valence-corrected chi connectivity index (χ2v) is 7.82. The van der Waals surface area contributed by atoms with Gasteiger partial charge >= 0.3 is 0 Å². The van der Waals surface area contributed by atoms with Gasteiger partial charge in [0.15, 0.2) is 0 Å². The third-order valence-corrected chi connectivity index (χ3v) is 5.54. The molecule has 1 aromatic carbocycles.